The van der Waals surface area contributed by atoms with Gasteiger partial charge in [-0.2, -0.15) is 0 Å². The summed E-state index contributed by atoms with van der Waals surface area (Å²) in [5, 5.41) is 25.8. The molecule has 3 N–H and O–H groups in total. The van der Waals surface area contributed by atoms with Crippen LogP contribution in [0.4, 0.5) is 0 Å². The van der Waals surface area contributed by atoms with E-state index in [0.29, 0.717) is 12.8 Å². The summed E-state index contributed by atoms with van der Waals surface area (Å²) in [6.45, 7) is 3.60. The lowest BCUT2D eigenvalue weighted by molar-refractivity contribution is -0.184. The van der Waals surface area contributed by atoms with Crippen molar-refractivity contribution in [3.8, 4) is 0 Å². The first kappa shape index (κ1) is 29.8. The molecule has 0 aromatic heterocycles. The normalized spacial score (nSPS) is 37.4. The summed E-state index contributed by atoms with van der Waals surface area (Å²) in [6.07, 6.45) is 4.13. The SMILES string of the molecule is COC(CNC(=O)CCC(=O)OCC(=O)[C@@]1(O)CC[C@@H]2[C@@H]3CCC4=CC(=O)CC[C@]4(C)[C@@H]3[C@@H](O)C[C@@]21C)OC. The molecule has 7 atom stereocenters. The summed E-state index contributed by atoms with van der Waals surface area (Å²) in [5.41, 5.74) is -1.68. The number of aliphatic hydroxyl groups is 2. The number of esters is 1. The van der Waals surface area contributed by atoms with Crippen molar-refractivity contribution in [3.05, 3.63) is 11.6 Å². The molecule has 10 heteroatoms. The lowest BCUT2D eigenvalue weighted by Gasteiger charge is -2.60. The number of ether oxygens (including phenoxy) is 3. The lowest BCUT2D eigenvalue weighted by Crippen LogP contribution is -2.62. The summed E-state index contributed by atoms with van der Waals surface area (Å²) >= 11 is 0. The van der Waals surface area contributed by atoms with E-state index in [0.717, 1.165) is 24.8 Å². The Balaban J connectivity index is 1.36. The molecule has 218 valence electrons. The third-order valence-corrected chi connectivity index (χ3v) is 10.4. The van der Waals surface area contributed by atoms with E-state index in [4.69, 9.17) is 14.2 Å². The van der Waals surface area contributed by atoms with Crippen molar-refractivity contribution in [1.82, 2.24) is 5.32 Å². The van der Waals surface area contributed by atoms with Gasteiger partial charge < -0.3 is 29.7 Å². The second-order valence-corrected chi connectivity index (χ2v) is 12.3. The quantitative estimate of drug-likeness (QED) is 0.274. The number of rotatable bonds is 10. The van der Waals surface area contributed by atoms with E-state index in [9.17, 15) is 29.4 Å². The van der Waals surface area contributed by atoms with Gasteiger partial charge in [-0.15, -0.1) is 0 Å². The number of hydrogen-bond acceptors (Lipinski definition) is 9. The number of amides is 1. The van der Waals surface area contributed by atoms with Crippen LogP contribution in [0.3, 0.4) is 0 Å². The zero-order chi connectivity index (χ0) is 28.6. The number of Topliss-reactive ketones (excluding diaryl/α,β-unsaturated/α-hetero) is 1. The molecular formula is C29H43NO9. The Morgan fingerprint density at radius 1 is 1.10 bits per heavy atom. The van der Waals surface area contributed by atoms with Crippen LogP contribution in [0.25, 0.3) is 0 Å². The molecule has 0 radical (unpaired) electrons. The first-order valence-electron chi connectivity index (χ1n) is 14.0. The molecule has 1 amide bonds. The van der Waals surface area contributed by atoms with Crippen molar-refractivity contribution in [2.24, 2.45) is 28.6 Å². The number of nitrogens with one attached hydrogen (secondary N) is 1. The molecule has 0 aliphatic heterocycles. The number of carbonyl (C=O) groups excluding carboxylic acids is 4. The predicted octanol–water partition coefficient (Wildman–Crippen LogP) is 1.85. The maximum atomic E-state index is 13.3. The fourth-order valence-corrected chi connectivity index (χ4v) is 8.25. The van der Waals surface area contributed by atoms with Crippen molar-refractivity contribution in [1.29, 1.82) is 0 Å². The number of ketones is 2. The average molecular weight is 550 g/mol. The van der Waals surface area contributed by atoms with Crippen molar-refractivity contribution < 1.29 is 43.6 Å². The van der Waals surface area contributed by atoms with Crippen LogP contribution >= 0.6 is 0 Å². The molecule has 0 aromatic rings. The van der Waals surface area contributed by atoms with Crippen LogP contribution in [0, 0.1) is 28.6 Å². The van der Waals surface area contributed by atoms with E-state index in [1.165, 1.54) is 14.2 Å². The largest absolute Gasteiger partial charge is 0.458 e. The Labute approximate surface area is 229 Å². The highest BCUT2D eigenvalue weighted by Crippen LogP contribution is 2.67. The summed E-state index contributed by atoms with van der Waals surface area (Å²) < 4.78 is 15.2. The zero-order valence-corrected chi connectivity index (χ0v) is 23.5. The molecular weight excluding hydrogens is 506 g/mol. The number of methoxy groups -OCH3 is 2. The molecule has 0 aromatic carbocycles. The van der Waals surface area contributed by atoms with E-state index in [-0.39, 0.29) is 67.1 Å². The van der Waals surface area contributed by atoms with E-state index in [1.807, 2.05) is 6.92 Å². The highest BCUT2D eigenvalue weighted by Gasteiger charge is 2.68. The van der Waals surface area contributed by atoms with Crippen LogP contribution in [0.15, 0.2) is 11.6 Å². The van der Waals surface area contributed by atoms with Gasteiger partial charge in [0.25, 0.3) is 0 Å². The molecule has 4 rings (SSSR count). The minimum absolute atomic E-state index is 0.0202. The summed E-state index contributed by atoms with van der Waals surface area (Å²) in [6, 6.07) is 0. The number of carbonyl (C=O) groups is 4. The third-order valence-electron chi connectivity index (χ3n) is 10.4. The topological polar surface area (TPSA) is 148 Å². The maximum absolute atomic E-state index is 13.3. The van der Waals surface area contributed by atoms with Crippen molar-refractivity contribution in [2.45, 2.75) is 89.6 Å². The molecule has 10 nitrogen and oxygen atoms in total. The fraction of sp³-hybridized carbons (Fsp3) is 0.793. The first-order chi connectivity index (χ1) is 18.4. The van der Waals surface area contributed by atoms with Crippen LogP contribution in [0.5, 0.6) is 0 Å². The Morgan fingerprint density at radius 2 is 1.82 bits per heavy atom. The Hall–Kier alpha value is -2.14. The molecule has 4 aliphatic carbocycles. The van der Waals surface area contributed by atoms with Gasteiger partial charge in [0.1, 0.15) is 5.60 Å². The molecule has 0 spiro atoms. The predicted molar refractivity (Wildman–Crippen MR) is 139 cm³/mol. The Kier molecular flexibility index (Phi) is 8.71. The van der Waals surface area contributed by atoms with Crippen LogP contribution in [0.2, 0.25) is 0 Å². The van der Waals surface area contributed by atoms with Gasteiger partial charge in [0.15, 0.2) is 18.7 Å². The van der Waals surface area contributed by atoms with Gasteiger partial charge in [-0.25, -0.2) is 0 Å². The smallest absolute Gasteiger partial charge is 0.306 e. The van der Waals surface area contributed by atoms with Gasteiger partial charge in [-0.05, 0) is 67.8 Å². The van der Waals surface area contributed by atoms with Crippen LogP contribution in [-0.2, 0) is 33.4 Å². The molecule has 4 aliphatic rings. The van der Waals surface area contributed by atoms with Crippen LogP contribution in [-0.4, -0.2) is 79.0 Å². The Bertz CT molecular complexity index is 1020. The van der Waals surface area contributed by atoms with Gasteiger partial charge in [-0.3, -0.25) is 19.2 Å². The minimum atomic E-state index is -1.71. The van der Waals surface area contributed by atoms with Gasteiger partial charge in [0.2, 0.25) is 11.7 Å². The third kappa shape index (κ3) is 5.33. The minimum Gasteiger partial charge on any atom is -0.458 e. The van der Waals surface area contributed by atoms with Crippen molar-refractivity contribution in [3.63, 3.8) is 0 Å². The highest BCUT2D eigenvalue weighted by molar-refractivity contribution is 5.92. The molecule has 0 saturated heterocycles. The van der Waals surface area contributed by atoms with Gasteiger partial charge in [0, 0.05) is 32.5 Å². The molecule has 39 heavy (non-hydrogen) atoms. The zero-order valence-electron chi connectivity index (χ0n) is 23.5. The van der Waals surface area contributed by atoms with Gasteiger partial charge >= 0.3 is 5.97 Å². The molecule has 3 fully saturated rings. The first-order valence-corrected chi connectivity index (χ1v) is 14.0. The fourth-order valence-electron chi connectivity index (χ4n) is 8.25. The van der Waals surface area contributed by atoms with E-state index >= 15 is 0 Å². The number of hydrogen-bond donors (Lipinski definition) is 3. The molecule has 0 heterocycles. The summed E-state index contributed by atoms with van der Waals surface area (Å²) in [5.74, 6) is -1.34. The summed E-state index contributed by atoms with van der Waals surface area (Å²) in [7, 11) is 2.90. The second kappa shape index (κ2) is 11.4. The molecule has 0 unspecified atom stereocenters. The maximum Gasteiger partial charge on any atom is 0.306 e. The van der Waals surface area contributed by atoms with Crippen molar-refractivity contribution >= 4 is 23.4 Å². The summed E-state index contributed by atoms with van der Waals surface area (Å²) in [4.78, 5) is 49.7. The lowest BCUT2D eigenvalue weighted by atomic mass is 9.45. The number of allylic oxidation sites excluding steroid dienone is 1. The standard InChI is InChI=1S/C29H43NO9/c1-27-11-9-18(31)13-17(27)5-6-19-20-10-12-29(36,28(20,2)14-21(32)26(19)27)22(33)16-39-24(35)8-7-23(34)30-15-25(37-3)38-4/h13,19-21,25-26,32,36H,5-12,14-16H2,1-4H3,(H,30,34)/t19-,20+,21-,26-,27-,28-,29-/m0/s1. The number of fused-ring (bicyclic) bond motifs is 5. The molecule has 3 saturated carbocycles. The van der Waals surface area contributed by atoms with E-state index < -0.39 is 41.8 Å². The molecule has 0 bridgehead atoms. The van der Waals surface area contributed by atoms with E-state index in [1.54, 1.807) is 6.08 Å². The van der Waals surface area contributed by atoms with Gasteiger partial charge in [-0.1, -0.05) is 19.4 Å². The van der Waals surface area contributed by atoms with Crippen LogP contribution < -0.4 is 5.32 Å². The van der Waals surface area contributed by atoms with Crippen molar-refractivity contribution in [2.75, 3.05) is 27.4 Å². The highest BCUT2D eigenvalue weighted by atomic mass is 16.7. The average Bonchev–Trinajstić information content (AvgIpc) is 3.17. The monoisotopic (exact) mass is 549 g/mol. The van der Waals surface area contributed by atoms with E-state index in [2.05, 4.69) is 12.2 Å². The van der Waals surface area contributed by atoms with Crippen LogP contribution in [0.1, 0.15) is 71.6 Å². The second-order valence-electron chi connectivity index (χ2n) is 12.3. The Morgan fingerprint density at radius 3 is 2.51 bits per heavy atom. The number of aliphatic hydroxyl groups excluding tert-OH is 1. The van der Waals surface area contributed by atoms with Gasteiger partial charge in [0.05, 0.1) is 19.1 Å².